The average molecular weight is 306 g/mol. The minimum absolute atomic E-state index is 0.0796. The Kier molecular flexibility index (Phi) is 4.28. The van der Waals surface area contributed by atoms with Crippen molar-refractivity contribution in [2.24, 2.45) is 0 Å². The quantitative estimate of drug-likeness (QED) is 0.659. The van der Waals surface area contributed by atoms with Crippen molar-refractivity contribution in [3.63, 3.8) is 0 Å². The van der Waals surface area contributed by atoms with Crippen molar-refractivity contribution in [1.82, 2.24) is 4.98 Å². The fourth-order valence-electron chi connectivity index (χ4n) is 2.76. The summed E-state index contributed by atoms with van der Waals surface area (Å²) < 4.78 is 12.9. The Morgan fingerprint density at radius 3 is 2.78 bits per heavy atom. The van der Waals surface area contributed by atoms with Gasteiger partial charge in [-0.15, -0.1) is 0 Å². The van der Waals surface area contributed by atoms with E-state index in [9.17, 15) is 4.79 Å². The lowest BCUT2D eigenvalue weighted by Gasteiger charge is -2.18. The van der Waals surface area contributed by atoms with Gasteiger partial charge in [0.2, 0.25) is 0 Å². The lowest BCUT2D eigenvalue weighted by Crippen LogP contribution is -2.11. The summed E-state index contributed by atoms with van der Waals surface area (Å²) in [4.78, 5) is 16.3. The van der Waals surface area contributed by atoms with Crippen LogP contribution in [0.15, 0.2) is 66.8 Å². The molecule has 0 N–H and O–H groups in total. The van der Waals surface area contributed by atoms with Gasteiger partial charge in [0.1, 0.15) is 0 Å². The first-order valence-corrected chi connectivity index (χ1v) is 7.74. The van der Waals surface area contributed by atoms with Crippen LogP contribution in [-0.2, 0) is 9.53 Å². The van der Waals surface area contributed by atoms with Gasteiger partial charge < -0.3 is 4.74 Å². The topological polar surface area (TPSA) is 39.2 Å². The van der Waals surface area contributed by atoms with Gasteiger partial charge in [0.15, 0.2) is 0 Å². The largest absolute Gasteiger partial charge is 0.466 e. The Labute approximate surface area is 137 Å². The molecule has 3 aromatic rings. The van der Waals surface area contributed by atoms with Crippen LogP contribution < -0.4 is 0 Å². The molecule has 2 aromatic carbocycles. The number of hydrogen-bond donors (Lipinski definition) is 0. The van der Waals surface area contributed by atoms with E-state index in [1.165, 1.54) is 6.20 Å². The maximum atomic E-state index is 12.1. The summed E-state index contributed by atoms with van der Waals surface area (Å²) >= 11 is 0. The zero-order valence-corrected chi connectivity index (χ0v) is 13.0. The number of rotatable bonds is 5. The highest BCUT2D eigenvalue weighted by Gasteiger charge is 2.19. The molecule has 0 aliphatic carbocycles. The Balaban J connectivity index is 2.02. The molecule has 0 aliphatic rings. The standard InChI is InChI=1S/C20H19NO2/c1-2-23-20(22)14-18(15-7-4-3-5-8-15)16-10-11-19-17(13-16)9-6-12-21-19/h3-13,18H,2,14H2,1H3/i6D. The second-order valence-corrected chi connectivity index (χ2v) is 5.36. The molecule has 0 fully saturated rings. The third-order valence-corrected chi connectivity index (χ3v) is 3.85. The third kappa shape index (κ3) is 3.57. The first-order chi connectivity index (χ1) is 11.7. The minimum atomic E-state index is -0.209. The highest BCUT2D eigenvalue weighted by atomic mass is 16.5. The fourth-order valence-corrected chi connectivity index (χ4v) is 2.76. The van der Waals surface area contributed by atoms with Crippen LogP contribution in [-0.4, -0.2) is 17.6 Å². The maximum absolute atomic E-state index is 12.1. The van der Waals surface area contributed by atoms with Crippen LogP contribution in [0.25, 0.3) is 10.9 Å². The summed E-state index contributed by atoms with van der Waals surface area (Å²) in [5.74, 6) is -0.289. The van der Waals surface area contributed by atoms with Crippen LogP contribution >= 0.6 is 0 Å². The summed E-state index contributed by atoms with van der Waals surface area (Å²) in [6.07, 6.45) is 1.83. The van der Waals surface area contributed by atoms with Gasteiger partial charge in [-0.25, -0.2) is 0 Å². The third-order valence-electron chi connectivity index (χ3n) is 3.85. The van der Waals surface area contributed by atoms with Gasteiger partial charge in [-0.1, -0.05) is 42.5 Å². The van der Waals surface area contributed by atoms with Gasteiger partial charge in [0.25, 0.3) is 0 Å². The highest BCUT2D eigenvalue weighted by Crippen LogP contribution is 2.30. The molecule has 23 heavy (non-hydrogen) atoms. The summed E-state index contributed by atoms with van der Waals surface area (Å²) in [5.41, 5.74) is 2.94. The average Bonchev–Trinajstić information content (AvgIpc) is 2.60. The number of fused-ring (bicyclic) bond motifs is 1. The molecule has 1 atom stereocenters. The van der Waals surface area contributed by atoms with E-state index in [0.29, 0.717) is 12.6 Å². The number of hydrogen-bond acceptors (Lipinski definition) is 3. The normalized spacial score (nSPS) is 12.7. The van der Waals surface area contributed by atoms with E-state index in [2.05, 4.69) is 4.98 Å². The van der Waals surface area contributed by atoms with Gasteiger partial charge in [-0.3, -0.25) is 9.78 Å². The molecule has 1 heterocycles. The molecule has 116 valence electrons. The molecule has 1 aromatic heterocycles. The highest BCUT2D eigenvalue weighted by molar-refractivity contribution is 5.80. The molecule has 0 saturated heterocycles. The number of aromatic nitrogens is 1. The summed E-state index contributed by atoms with van der Waals surface area (Å²) in [5, 5.41) is 0.907. The molecular weight excluding hydrogens is 286 g/mol. The van der Waals surface area contributed by atoms with Crippen LogP contribution in [0.4, 0.5) is 0 Å². The SMILES string of the molecule is [2H]c1cnc2ccc(C(CC(=O)OCC)c3ccccc3)cc2c1. The van der Waals surface area contributed by atoms with E-state index in [1.54, 1.807) is 6.07 Å². The molecular formula is C20H19NO2. The molecule has 0 bridgehead atoms. The Hall–Kier alpha value is -2.68. The minimum Gasteiger partial charge on any atom is -0.466 e. The molecule has 0 saturated carbocycles. The molecule has 3 rings (SSSR count). The molecule has 0 amide bonds. The lowest BCUT2D eigenvalue weighted by atomic mass is 9.88. The molecule has 0 aliphatic heterocycles. The van der Waals surface area contributed by atoms with Crippen molar-refractivity contribution in [3.05, 3.63) is 78.0 Å². The summed E-state index contributed by atoms with van der Waals surface area (Å²) in [6, 6.07) is 18.1. The summed E-state index contributed by atoms with van der Waals surface area (Å²) in [6.45, 7) is 2.19. The van der Waals surface area contributed by atoms with E-state index in [0.717, 1.165) is 22.0 Å². The van der Waals surface area contributed by atoms with E-state index in [-0.39, 0.29) is 18.3 Å². The maximum Gasteiger partial charge on any atom is 0.306 e. The zero-order chi connectivity index (χ0) is 16.9. The second-order valence-electron chi connectivity index (χ2n) is 5.36. The van der Waals surface area contributed by atoms with Gasteiger partial charge in [0.05, 0.1) is 19.9 Å². The number of nitrogens with zero attached hydrogens (tertiary/aromatic N) is 1. The monoisotopic (exact) mass is 306 g/mol. The van der Waals surface area contributed by atoms with Crippen molar-refractivity contribution >= 4 is 16.9 Å². The van der Waals surface area contributed by atoms with Crippen LogP contribution in [0.1, 0.15) is 31.8 Å². The molecule has 3 nitrogen and oxygen atoms in total. The Morgan fingerprint density at radius 2 is 2.00 bits per heavy atom. The van der Waals surface area contributed by atoms with E-state index < -0.39 is 0 Å². The zero-order valence-electron chi connectivity index (χ0n) is 14.0. The first kappa shape index (κ1) is 13.9. The number of ether oxygens (including phenoxy) is 1. The van der Waals surface area contributed by atoms with Crippen molar-refractivity contribution in [2.75, 3.05) is 6.61 Å². The number of esters is 1. The molecule has 1 unspecified atom stereocenters. The van der Waals surface area contributed by atoms with Crippen LogP contribution in [0.3, 0.4) is 0 Å². The van der Waals surface area contributed by atoms with Gasteiger partial charge in [-0.2, -0.15) is 0 Å². The van der Waals surface area contributed by atoms with E-state index in [1.807, 2.05) is 55.5 Å². The van der Waals surface area contributed by atoms with Crippen molar-refractivity contribution in [3.8, 4) is 0 Å². The van der Waals surface area contributed by atoms with E-state index in [4.69, 9.17) is 6.11 Å². The van der Waals surface area contributed by atoms with Crippen LogP contribution in [0.2, 0.25) is 0 Å². The Bertz CT molecular complexity index is 849. The molecule has 0 radical (unpaired) electrons. The van der Waals surface area contributed by atoms with Crippen LogP contribution in [0, 0.1) is 0 Å². The number of pyridine rings is 1. The summed E-state index contributed by atoms with van der Waals surface area (Å²) in [7, 11) is 0. The van der Waals surface area contributed by atoms with Crippen molar-refractivity contribution in [1.29, 1.82) is 0 Å². The Morgan fingerprint density at radius 1 is 1.17 bits per heavy atom. The number of benzene rings is 2. The van der Waals surface area contributed by atoms with Gasteiger partial charge >= 0.3 is 5.97 Å². The first-order valence-electron chi connectivity index (χ1n) is 8.24. The smallest absolute Gasteiger partial charge is 0.306 e. The van der Waals surface area contributed by atoms with Gasteiger partial charge in [-0.05, 0) is 36.2 Å². The lowest BCUT2D eigenvalue weighted by molar-refractivity contribution is -0.143. The predicted molar refractivity (Wildman–Crippen MR) is 91.3 cm³/mol. The van der Waals surface area contributed by atoms with Crippen LogP contribution in [0.5, 0.6) is 0 Å². The van der Waals surface area contributed by atoms with E-state index >= 15 is 0 Å². The molecule has 3 heteroatoms. The second kappa shape index (κ2) is 7.05. The fraction of sp³-hybridized carbons (Fsp3) is 0.200. The van der Waals surface area contributed by atoms with Crippen molar-refractivity contribution < 1.29 is 10.9 Å². The number of carbonyl (C=O) groups excluding carboxylic acids is 1. The molecule has 0 spiro atoms. The van der Waals surface area contributed by atoms with Gasteiger partial charge in [0, 0.05) is 17.5 Å². The predicted octanol–water partition coefficient (Wildman–Crippen LogP) is 4.32. The number of carbonyl (C=O) groups is 1. The van der Waals surface area contributed by atoms with Crippen molar-refractivity contribution in [2.45, 2.75) is 19.3 Å².